The monoisotopic (exact) mass is 309 g/mol. The van der Waals surface area contributed by atoms with Crippen LogP contribution in [-0.2, 0) is 20.7 Å². The van der Waals surface area contributed by atoms with Crippen molar-refractivity contribution in [1.29, 1.82) is 0 Å². The van der Waals surface area contributed by atoms with Gasteiger partial charge in [0.25, 0.3) is 0 Å². The first kappa shape index (κ1) is 16.0. The van der Waals surface area contributed by atoms with Crippen LogP contribution in [-0.4, -0.2) is 36.5 Å². The molecule has 1 unspecified atom stereocenters. The van der Waals surface area contributed by atoms with Gasteiger partial charge in [0.1, 0.15) is 0 Å². The molecule has 1 aromatic rings. The van der Waals surface area contributed by atoms with E-state index in [0.717, 1.165) is 38.6 Å². The quantitative estimate of drug-likeness (QED) is 0.759. The van der Waals surface area contributed by atoms with Crippen molar-refractivity contribution in [2.75, 3.05) is 13.7 Å². The lowest BCUT2D eigenvalue weighted by Crippen LogP contribution is -2.44. The molecule has 0 spiro atoms. The number of aryl methyl sites for hydroxylation is 1. The maximum absolute atomic E-state index is 12.4. The molecule has 1 aromatic heterocycles. The predicted octanol–water partition coefficient (Wildman–Crippen LogP) is 3.02. The van der Waals surface area contributed by atoms with E-state index in [-0.39, 0.29) is 17.9 Å². The summed E-state index contributed by atoms with van der Waals surface area (Å²) in [5.74, 6) is -0.0431. The molecule has 5 heteroatoms. The zero-order chi connectivity index (χ0) is 15.1. The minimum Gasteiger partial charge on any atom is -0.469 e. The summed E-state index contributed by atoms with van der Waals surface area (Å²) in [5, 5.41) is 2.06. The topological polar surface area (TPSA) is 46.6 Å². The first-order chi connectivity index (χ1) is 10.2. The van der Waals surface area contributed by atoms with Crippen LogP contribution in [0.3, 0.4) is 0 Å². The summed E-state index contributed by atoms with van der Waals surface area (Å²) < 4.78 is 4.74. The molecule has 2 rings (SSSR count). The standard InChI is InChI=1S/C16H23NO3S/c1-20-16(19)12-13-6-2-3-10-17(13)15(18)9-4-7-14-8-5-11-21-14/h5,8,11,13H,2-4,6-7,9-10,12H2,1H3. The molecule has 21 heavy (non-hydrogen) atoms. The number of hydrogen-bond donors (Lipinski definition) is 0. The molecule has 1 aliphatic rings. The average molecular weight is 309 g/mol. The summed E-state index contributed by atoms with van der Waals surface area (Å²) in [6.07, 6.45) is 5.75. The number of hydrogen-bond acceptors (Lipinski definition) is 4. The van der Waals surface area contributed by atoms with Gasteiger partial charge in [-0.1, -0.05) is 6.07 Å². The van der Waals surface area contributed by atoms with Crippen molar-refractivity contribution in [3.63, 3.8) is 0 Å². The summed E-state index contributed by atoms with van der Waals surface area (Å²) >= 11 is 1.74. The summed E-state index contributed by atoms with van der Waals surface area (Å²) in [6, 6.07) is 4.18. The van der Waals surface area contributed by atoms with E-state index in [1.54, 1.807) is 11.3 Å². The summed E-state index contributed by atoms with van der Waals surface area (Å²) in [6.45, 7) is 0.777. The van der Waals surface area contributed by atoms with Gasteiger partial charge >= 0.3 is 5.97 Å². The number of piperidine rings is 1. The van der Waals surface area contributed by atoms with Gasteiger partial charge in [0.05, 0.1) is 13.5 Å². The van der Waals surface area contributed by atoms with Crippen molar-refractivity contribution in [3.8, 4) is 0 Å². The fraction of sp³-hybridized carbons (Fsp3) is 0.625. The molecular weight excluding hydrogens is 286 g/mol. The summed E-state index contributed by atoms with van der Waals surface area (Å²) in [7, 11) is 1.40. The Morgan fingerprint density at radius 1 is 1.43 bits per heavy atom. The van der Waals surface area contributed by atoms with E-state index in [0.29, 0.717) is 12.8 Å². The van der Waals surface area contributed by atoms with Gasteiger partial charge in [0.15, 0.2) is 0 Å². The molecule has 1 aliphatic heterocycles. The molecule has 1 fully saturated rings. The number of rotatable bonds is 6. The van der Waals surface area contributed by atoms with Gasteiger partial charge in [-0.2, -0.15) is 0 Å². The largest absolute Gasteiger partial charge is 0.469 e. The molecule has 0 aromatic carbocycles. The van der Waals surface area contributed by atoms with Crippen LogP contribution in [0.1, 0.15) is 43.4 Å². The first-order valence-corrected chi connectivity index (χ1v) is 8.47. The highest BCUT2D eigenvalue weighted by Crippen LogP contribution is 2.22. The third kappa shape index (κ3) is 4.84. The minimum atomic E-state index is -0.224. The van der Waals surface area contributed by atoms with Crippen molar-refractivity contribution < 1.29 is 14.3 Å². The minimum absolute atomic E-state index is 0.0282. The summed E-state index contributed by atoms with van der Waals surface area (Å²) in [5.41, 5.74) is 0. The molecule has 0 N–H and O–H groups in total. The highest BCUT2D eigenvalue weighted by Gasteiger charge is 2.28. The Morgan fingerprint density at radius 3 is 3.00 bits per heavy atom. The van der Waals surface area contributed by atoms with E-state index in [4.69, 9.17) is 4.74 Å². The molecule has 116 valence electrons. The second-order valence-corrected chi connectivity index (χ2v) is 6.48. The highest BCUT2D eigenvalue weighted by atomic mass is 32.1. The number of likely N-dealkylation sites (tertiary alicyclic amines) is 1. The van der Waals surface area contributed by atoms with Gasteiger partial charge in [-0.15, -0.1) is 11.3 Å². The van der Waals surface area contributed by atoms with Crippen LogP contribution < -0.4 is 0 Å². The predicted molar refractivity (Wildman–Crippen MR) is 83.2 cm³/mol. The molecule has 0 saturated carbocycles. The number of methoxy groups -OCH3 is 1. The van der Waals surface area contributed by atoms with Crippen LogP contribution in [0.15, 0.2) is 17.5 Å². The van der Waals surface area contributed by atoms with Crippen molar-refractivity contribution in [1.82, 2.24) is 4.90 Å². The van der Waals surface area contributed by atoms with Crippen LogP contribution in [0.5, 0.6) is 0 Å². The molecule has 0 radical (unpaired) electrons. The maximum Gasteiger partial charge on any atom is 0.307 e. The Kier molecular flexibility index (Phi) is 6.23. The smallest absolute Gasteiger partial charge is 0.307 e. The SMILES string of the molecule is COC(=O)CC1CCCCN1C(=O)CCCc1cccs1. The fourth-order valence-corrected chi connectivity index (χ4v) is 3.58. The Bertz CT molecular complexity index is 458. The van der Waals surface area contributed by atoms with E-state index in [1.807, 2.05) is 11.0 Å². The number of carbonyl (C=O) groups is 2. The third-order valence-electron chi connectivity index (χ3n) is 3.97. The number of nitrogens with zero attached hydrogens (tertiary/aromatic N) is 1. The Hall–Kier alpha value is -1.36. The molecule has 1 saturated heterocycles. The molecule has 2 heterocycles. The molecule has 1 atom stereocenters. The Labute approximate surface area is 130 Å². The van der Waals surface area contributed by atoms with Crippen molar-refractivity contribution in [3.05, 3.63) is 22.4 Å². The molecule has 0 bridgehead atoms. The molecule has 0 aliphatic carbocycles. The highest BCUT2D eigenvalue weighted by molar-refractivity contribution is 7.09. The van der Waals surface area contributed by atoms with Gasteiger partial charge in [-0.05, 0) is 43.6 Å². The van der Waals surface area contributed by atoms with Crippen LogP contribution in [0.2, 0.25) is 0 Å². The second-order valence-electron chi connectivity index (χ2n) is 5.45. The third-order valence-corrected chi connectivity index (χ3v) is 4.91. The number of ether oxygens (including phenoxy) is 1. The molecule has 1 amide bonds. The van der Waals surface area contributed by atoms with Crippen LogP contribution in [0, 0.1) is 0 Å². The van der Waals surface area contributed by atoms with Gasteiger partial charge < -0.3 is 9.64 Å². The Balaban J connectivity index is 1.81. The van der Waals surface area contributed by atoms with E-state index < -0.39 is 0 Å². The van der Waals surface area contributed by atoms with E-state index in [2.05, 4.69) is 11.4 Å². The van der Waals surface area contributed by atoms with Crippen LogP contribution in [0.4, 0.5) is 0 Å². The van der Waals surface area contributed by atoms with Gasteiger partial charge in [0.2, 0.25) is 5.91 Å². The van der Waals surface area contributed by atoms with Crippen molar-refractivity contribution in [2.45, 2.75) is 51.0 Å². The van der Waals surface area contributed by atoms with Crippen molar-refractivity contribution >= 4 is 23.2 Å². The van der Waals surface area contributed by atoms with E-state index in [1.165, 1.54) is 12.0 Å². The Morgan fingerprint density at radius 2 is 2.29 bits per heavy atom. The number of thiophene rings is 1. The maximum atomic E-state index is 12.4. The van der Waals surface area contributed by atoms with E-state index >= 15 is 0 Å². The fourth-order valence-electron chi connectivity index (χ4n) is 2.83. The average Bonchev–Trinajstić information content (AvgIpc) is 3.01. The van der Waals surface area contributed by atoms with Gasteiger partial charge in [-0.3, -0.25) is 9.59 Å². The van der Waals surface area contributed by atoms with Gasteiger partial charge in [-0.25, -0.2) is 0 Å². The summed E-state index contributed by atoms with van der Waals surface area (Å²) in [4.78, 5) is 27.1. The molecular formula is C16H23NO3S. The number of esters is 1. The number of carbonyl (C=O) groups excluding carboxylic acids is 2. The van der Waals surface area contributed by atoms with Gasteiger partial charge in [0, 0.05) is 23.9 Å². The lowest BCUT2D eigenvalue weighted by molar-refractivity contribution is -0.144. The van der Waals surface area contributed by atoms with E-state index in [9.17, 15) is 9.59 Å². The zero-order valence-corrected chi connectivity index (χ0v) is 13.4. The molecule has 4 nitrogen and oxygen atoms in total. The lowest BCUT2D eigenvalue weighted by Gasteiger charge is -2.35. The normalized spacial score (nSPS) is 18.5. The van der Waals surface area contributed by atoms with Crippen LogP contribution >= 0.6 is 11.3 Å². The van der Waals surface area contributed by atoms with Crippen LogP contribution in [0.25, 0.3) is 0 Å². The van der Waals surface area contributed by atoms with Crippen molar-refractivity contribution in [2.24, 2.45) is 0 Å². The lowest BCUT2D eigenvalue weighted by atomic mass is 9.98. The second kappa shape index (κ2) is 8.17. The zero-order valence-electron chi connectivity index (χ0n) is 12.5. The first-order valence-electron chi connectivity index (χ1n) is 7.59. The number of amides is 1.